The summed E-state index contributed by atoms with van der Waals surface area (Å²) in [5, 5.41) is 10.6. The Morgan fingerprint density at radius 3 is 2.29 bits per heavy atom. The maximum atomic E-state index is 12.0. The molecule has 0 saturated carbocycles. The Bertz CT molecular complexity index is 513. The van der Waals surface area contributed by atoms with Gasteiger partial charge in [-0.25, -0.2) is 0 Å². The Balaban J connectivity index is 3.23. The number of halogens is 1. The van der Waals surface area contributed by atoms with Gasteiger partial charge >= 0.3 is 5.97 Å². The molecule has 0 bridgehead atoms. The average molecular weight is 361 g/mol. The lowest BCUT2D eigenvalue weighted by Crippen LogP contribution is -2.33. The van der Waals surface area contributed by atoms with E-state index < -0.39 is 17.5 Å². The maximum absolute atomic E-state index is 12.0. The largest absolute Gasteiger partial charge is 0.493 e. The molecule has 118 valence electrons. The number of carbonyl (C=O) groups is 1. The summed E-state index contributed by atoms with van der Waals surface area (Å²) < 4.78 is 16.1. The first-order valence-electron chi connectivity index (χ1n) is 6.56. The van der Waals surface area contributed by atoms with Crippen LogP contribution in [0.15, 0.2) is 16.6 Å². The second-order valence-electron chi connectivity index (χ2n) is 5.07. The average Bonchev–Trinajstić information content (AvgIpc) is 2.46. The highest BCUT2D eigenvalue weighted by Gasteiger charge is 2.39. The Morgan fingerprint density at radius 1 is 1.29 bits per heavy atom. The smallest absolute Gasteiger partial charge is 0.314 e. The number of hydrogen-bond donors (Lipinski definition) is 1. The van der Waals surface area contributed by atoms with Gasteiger partial charge in [0.25, 0.3) is 0 Å². The quantitative estimate of drug-likeness (QED) is 0.789. The molecule has 5 nitrogen and oxygen atoms in total. The number of aliphatic hydroxyl groups is 1. The van der Waals surface area contributed by atoms with Crippen LogP contribution in [0.25, 0.3) is 0 Å². The fourth-order valence-corrected chi connectivity index (χ4v) is 2.44. The van der Waals surface area contributed by atoms with Crippen LogP contribution in [0.4, 0.5) is 0 Å². The number of esters is 1. The molecule has 0 spiro atoms. The van der Waals surface area contributed by atoms with Crippen LogP contribution in [0.1, 0.15) is 32.4 Å². The number of hydrogen-bond acceptors (Lipinski definition) is 5. The Hall–Kier alpha value is -1.27. The van der Waals surface area contributed by atoms with Gasteiger partial charge in [0.1, 0.15) is 0 Å². The first kappa shape index (κ1) is 17.8. The zero-order valence-electron chi connectivity index (χ0n) is 12.9. The number of methoxy groups -OCH3 is 2. The van der Waals surface area contributed by atoms with Gasteiger partial charge in [-0.15, -0.1) is 0 Å². The van der Waals surface area contributed by atoms with E-state index in [1.165, 1.54) is 14.2 Å². The fourth-order valence-electron chi connectivity index (χ4n) is 1.90. The summed E-state index contributed by atoms with van der Waals surface area (Å²) in [6, 6.07) is 3.34. The van der Waals surface area contributed by atoms with E-state index in [0.717, 1.165) is 0 Å². The van der Waals surface area contributed by atoms with Crippen molar-refractivity contribution in [1.82, 2.24) is 0 Å². The molecule has 0 radical (unpaired) electrons. The molecule has 0 amide bonds. The van der Waals surface area contributed by atoms with Crippen molar-refractivity contribution in [3.05, 3.63) is 22.2 Å². The molecule has 1 rings (SSSR count). The first-order chi connectivity index (χ1) is 9.79. The molecule has 0 fully saturated rings. The summed E-state index contributed by atoms with van der Waals surface area (Å²) in [6.07, 6.45) is -1.05. The van der Waals surface area contributed by atoms with E-state index in [4.69, 9.17) is 14.2 Å². The van der Waals surface area contributed by atoms with E-state index in [1.807, 2.05) is 0 Å². The molecule has 21 heavy (non-hydrogen) atoms. The summed E-state index contributed by atoms with van der Waals surface area (Å²) in [5.74, 6) is 0.558. The monoisotopic (exact) mass is 360 g/mol. The molecule has 1 atom stereocenters. The van der Waals surface area contributed by atoms with Crippen LogP contribution in [0.5, 0.6) is 11.5 Å². The second kappa shape index (κ2) is 7.13. The van der Waals surface area contributed by atoms with Crippen LogP contribution < -0.4 is 9.47 Å². The van der Waals surface area contributed by atoms with Crippen molar-refractivity contribution in [3.63, 3.8) is 0 Å². The maximum Gasteiger partial charge on any atom is 0.314 e. The lowest BCUT2D eigenvalue weighted by molar-refractivity contribution is -0.160. The molecule has 0 aliphatic carbocycles. The molecule has 1 aromatic carbocycles. The van der Waals surface area contributed by atoms with Gasteiger partial charge in [0.2, 0.25) is 0 Å². The minimum Gasteiger partial charge on any atom is -0.493 e. The van der Waals surface area contributed by atoms with Crippen molar-refractivity contribution >= 4 is 21.9 Å². The van der Waals surface area contributed by atoms with Gasteiger partial charge in [-0.2, -0.15) is 0 Å². The van der Waals surface area contributed by atoms with E-state index in [-0.39, 0.29) is 6.61 Å². The number of rotatable bonds is 6. The Morgan fingerprint density at radius 2 is 1.81 bits per heavy atom. The van der Waals surface area contributed by atoms with E-state index in [0.29, 0.717) is 21.5 Å². The van der Waals surface area contributed by atoms with Crippen molar-refractivity contribution < 1.29 is 24.1 Å². The molecule has 0 heterocycles. The standard InChI is InChI=1S/C15H21BrO5/c1-6-21-14(18)15(2,3)13(17)9-7-11(19-4)12(20-5)8-10(9)16/h7-8,13,17H,6H2,1-5H3. The van der Waals surface area contributed by atoms with Gasteiger partial charge in [-0.1, -0.05) is 15.9 Å². The molecular weight excluding hydrogens is 340 g/mol. The normalized spacial score (nSPS) is 12.7. The van der Waals surface area contributed by atoms with Crippen LogP contribution in [0, 0.1) is 5.41 Å². The molecular formula is C15H21BrO5. The topological polar surface area (TPSA) is 65.0 Å². The minimum absolute atomic E-state index is 0.266. The zero-order valence-corrected chi connectivity index (χ0v) is 14.5. The molecule has 0 aromatic heterocycles. The minimum atomic E-state index is -1.09. The van der Waals surface area contributed by atoms with Gasteiger partial charge in [-0.05, 0) is 38.5 Å². The van der Waals surface area contributed by atoms with Crippen molar-refractivity contribution in [2.24, 2.45) is 5.41 Å². The van der Waals surface area contributed by atoms with Crippen LogP contribution in [0.3, 0.4) is 0 Å². The third-order valence-electron chi connectivity index (χ3n) is 3.28. The fraction of sp³-hybridized carbons (Fsp3) is 0.533. The van der Waals surface area contributed by atoms with E-state index in [2.05, 4.69) is 15.9 Å². The van der Waals surface area contributed by atoms with E-state index >= 15 is 0 Å². The highest BCUT2D eigenvalue weighted by atomic mass is 79.9. The summed E-state index contributed by atoms with van der Waals surface area (Å²) in [5.41, 5.74) is -0.552. The van der Waals surface area contributed by atoms with Gasteiger partial charge in [0.15, 0.2) is 11.5 Å². The summed E-state index contributed by atoms with van der Waals surface area (Å²) in [7, 11) is 3.04. The zero-order chi connectivity index (χ0) is 16.2. The number of aliphatic hydroxyl groups excluding tert-OH is 1. The van der Waals surface area contributed by atoms with Crippen molar-refractivity contribution in [2.45, 2.75) is 26.9 Å². The van der Waals surface area contributed by atoms with Crippen molar-refractivity contribution in [2.75, 3.05) is 20.8 Å². The molecule has 1 N–H and O–H groups in total. The molecule has 1 aromatic rings. The highest BCUT2D eigenvalue weighted by molar-refractivity contribution is 9.10. The molecule has 0 aliphatic heterocycles. The van der Waals surface area contributed by atoms with Gasteiger partial charge < -0.3 is 19.3 Å². The van der Waals surface area contributed by atoms with E-state index in [9.17, 15) is 9.90 Å². The Kier molecular flexibility index (Phi) is 6.04. The van der Waals surface area contributed by atoms with Gasteiger partial charge in [0, 0.05) is 4.47 Å². The van der Waals surface area contributed by atoms with Gasteiger partial charge in [0.05, 0.1) is 32.3 Å². The predicted molar refractivity (Wildman–Crippen MR) is 82.6 cm³/mol. The van der Waals surface area contributed by atoms with Gasteiger partial charge in [-0.3, -0.25) is 4.79 Å². The third kappa shape index (κ3) is 3.68. The summed E-state index contributed by atoms with van der Waals surface area (Å²) >= 11 is 3.38. The summed E-state index contributed by atoms with van der Waals surface area (Å²) in [6.45, 7) is 5.27. The van der Waals surface area contributed by atoms with Crippen LogP contribution >= 0.6 is 15.9 Å². The van der Waals surface area contributed by atoms with Crippen LogP contribution in [0.2, 0.25) is 0 Å². The molecule has 0 aliphatic rings. The number of ether oxygens (including phenoxy) is 3. The lowest BCUT2D eigenvalue weighted by atomic mass is 9.82. The molecule has 6 heteroatoms. The van der Waals surface area contributed by atoms with Crippen molar-refractivity contribution in [3.8, 4) is 11.5 Å². The SMILES string of the molecule is CCOC(=O)C(C)(C)C(O)c1cc(OC)c(OC)cc1Br. The predicted octanol–water partition coefficient (Wildman–Crippen LogP) is 3.09. The third-order valence-corrected chi connectivity index (χ3v) is 3.97. The molecule has 0 saturated heterocycles. The first-order valence-corrected chi connectivity index (χ1v) is 7.35. The number of benzene rings is 1. The van der Waals surface area contributed by atoms with E-state index in [1.54, 1.807) is 32.9 Å². The lowest BCUT2D eigenvalue weighted by Gasteiger charge is -2.29. The van der Waals surface area contributed by atoms with Crippen molar-refractivity contribution in [1.29, 1.82) is 0 Å². The molecule has 1 unspecified atom stereocenters. The van der Waals surface area contributed by atoms with Crippen LogP contribution in [-0.2, 0) is 9.53 Å². The summed E-state index contributed by atoms with van der Waals surface area (Å²) in [4.78, 5) is 12.0. The van der Waals surface area contributed by atoms with Crippen LogP contribution in [-0.4, -0.2) is 31.9 Å². The second-order valence-corrected chi connectivity index (χ2v) is 5.93. The number of carbonyl (C=O) groups excluding carboxylic acids is 1. The highest BCUT2D eigenvalue weighted by Crippen LogP contribution is 2.42. The Labute approximate surface area is 133 Å².